The molecule has 1 amide bonds. The number of rotatable bonds is 4. The Hall–Kier alpha value is -1.04. The average molecular weight is 250 g/mol. The monoisotopic (exact) mass is 250 g/mol. The van der Waals surface area contributed by atoms with Crippen molar-refractivity contribution in [3.05, 3.63) is 0 Å². The van der Waals surface area contributed by atoms with E-state index in [9.17, 15) is 10.1 Å². The first-order valence-electron chi connectivity index (χ1n) is 7.40. The number of hydrogen-bond donors (Lipinski definition) is 1. The molecule has 0 aliphatic heterocycles. The molecule has 1 aliphatic carbocycles. The Labute approximate surface area is 111 Å². The van der Waals surface area contributed by atoms with Crippen LogP contribution in [0.15, 0.2) is 0 Å². The molecule has 0 spiro atoms. The molecular formula is C15H26N2O. The van der Waals surface area contributed by atoms with Gasteiger partial charge in [0.2, 0.25) is 5.91 Å². The highest BCUT2D eigenvalue weighted by atomic mass is 16.2. The third kappa shape index (κ3) is 4.01. The first kappa shape index (κ1) is 15.0. The maximum Gasteiger partial charge on any atom is 0.224 e. The number of amides is 1. The summed E-state index contributed by atoms with van der Waals surface area (Å²) in [5.41, 5.74) is -0.597. The SMILES string of the molecule is CCC(CC)C(=O)NC1(C#N)CCCCCCC1. The lowest BCUT2D eigenvalue weighted by atomic mass is 9.84. The summed E-state index contributed by atoms with van der Waals surface area (Å²) in [5, 5.41) is 12.5. The first-order valence-corrected chi connectivity index (χ1v) is 7.40. The Bertz CT molecular complexity index is 294. The summed E-state index contributed by atoms with van der Waals surface area (Å²) in [6, 6.07) is 2.39. The van der Waals surface area contributed by atoms with Gasteiger partial charge >= 0.3 is 0 Å². The zero-order chi connectivity index (χ0) is 13.4. The maximum absolute atomic E-state index is 12.2. The molecule has 0 radical (unpaired) electrons. The molecule has 0 atom stereocenters. The number of nitrogens with one attached hydrogen (secondary N) is 1. The highest BCUT2D eigenvalue weighted by molar-refractivity contribution is 5.79. The molecule has 18 heavy (non-hydrogen) atoms. The minimum Gasteiger partial charge on any atom is -0.338 e. The summed E-state index contributed by atoms with van der Waals surface area (Å²) in [4.78, 5) is 12.2. The van der Waals surface area contributed by atoms with Gasteiger partial charge < -0.3 is 5.32 Å². The van der Waals surface area contributed by atoms with Crippen molar-refractivity contribution in [1.29, 1.82) is 5.26 Å². The van der Waals surface area contributed by atoms with Gasteiger partial charge in [-0.2, -0.15) is 5.26 Å². The molecule has 1 fully saturated rings. The second-order valence-corrected chi connectivity index (χ2v) is 5.46. The van der Waals surface area contributed by atoms with Gasteiger partial charge in [0.05, 0.1) is 6.07 Å². The summed E-state index contributed by atoms with van der Waals surface area (Å²) in [7, 11) is 0. The zero-order valence-electron chi connectivity index (χ0n) is 11.8. The molecule has 0 aromatic heterocycles. The van der Waals surface area contributed by atoms with Crippen LogP contribution in [-0.2, 0) is 4.79 Å². The predicted molar refractivity (Wildman–Crippen MR) is 72.9 cm³/mol. The van der Waals surface area contributed by atoms with Crippen molar-refractivity contribution in [2.75, 3.05) is 0 Å². The number of carbonyl (C=O) groups excluding carboxylic acids is 1. The Morgan fingerprint density at radius 3 is 2.11 bits per heavy atom. The normalized spacial score (nSPS) is 19.7. The first-order chi connectivity index (χ1) is 8.67. The van der Waals surface area contributed by atoms with E-state index >= 15 is 0 Å². The molecule has 3 heteroatoms. The fourth-order valence-electron chi connectivity index (χ4n) is 2.77. The van der Waals surface area contributed by atoms with E-state index < -0.39 is 5.54 Å². The van der Waals surface area contributed by atoms with Crippen molar-refractivity contribution >= 4 is 5.91 Å². The van der Waals surface area contributed by atoms with Gasteiger partial charge in [0.15, 0.2) is 0 Å². The van der Waals surface area contributed by atoms with Crippen LogP contribution in [0.4, 0.5) is 0 Å². The number of hydrogen-bond acceptors (Lipinski definition) is 2. The third-order valence-corrected chi connectivity index (χ3v) is 4.14. The molecule has 0 aromatic carbocycles. The van der Waals surface area contributed by atoms with Crippen molar-refractivity contribution in [1.82, 2.24) is 5.32 Å². The van der Waals surface area contributed by atoms with E-state index in [1.807, 2.05) is 13.8 Å². The second kappa shape index (κ2) is 7.41. The minimum absolute atomic E-state index is 0.0562. The van der Waals surface area contributed by atoms with Gasteiger partial charge in [-0.1, -0.05) is 46.0 Å². The van der Waals surface area contributed by atoms with Gasteiger partial charge in [-0.3, -0.25) is 4.79 Å². The Balaban J connectivity index is 2.68. The second-order valence-electron chi connectivity index (χ2n) is 5.46. The molecule has 3 nitrogen and oxygen atoms in total. The summed E-state index contributed by atoms with van der Waals surface area (Å²) in [6.45, 7) is 4.07. The fourth-order valence-corrected chi connectivity index (χ4v) is 2.77. The van der Waals surface area contributed by atoms with Crippen LogP contribution in [0.3, 0.4) is 0 Å². The fraction of sp³-hybridized carbons (Fsp3) is 0.867. The summed E-state index contributed by atoms with van der Waals surface area (Å²) in [6.07, 6.45) is 9.07. The minimum atomic E-state index is -0.597. The van der Waals surface area contributed by atoms with Crippen LogP contribution in [0.25, 0.3) is 0 Å². The number of carbonyl (C=O) groups is 1. The average Bonchev–Trinajstić information content (AvgIpc) is 2.34. The van der Waals surface area contributed by atoms with Gasteiger partial charge in [-0.15, -0.1) is 0 Å². The van der Waals surface area contributed by atoms with Crippen LogP contribution in [0, 0.1) is 17.2 Å². The van der Waals surface area contributed by atoms with Gasteiger partial charge in [-0.25, -0.2) is 0 Å². The van der Waals surface area contributed by atoms with Crippen molar-refractivity contribution < 1.29 is 4.79 Å². The summed E-state index contributed by atoms with van der Waals surface area (Å²) >= 11 is 0. The predicted octanol–water partition coefficient (Wildman–Crippen LogP) is 3.55. The third-order valence-electron chi connectivity index (χ3n) is 4.14. The molecule has 102 valence electrons. The Morgan fingerprint density at radius 1 is 1.17 bits per heavy atom. The van der Waals surface area contributed by atoms with Crippen molar-refractivity contribution in [2.45, 2.75) is 77.2 Å². The lowest BCUT2D eigenvalue weighted by Gasteiger charge is -2.31. The Morgan fingerprint density at radius 2 is 1.67 bits per heavy atom. The molecule has 1 saturated carbocycles. The van der Waals surface area contributed by atoms with Crippen molar-refractivity contribution in [3.8, 4) is 6.07 Å². The summed E-state index contributed by atoms with van der Waals surface area (Å²) in [5.74, 6) is 0.128. The van der Waals surface area contributed by atoms with E-state index in [0.29, 0.717) is 0 Å². The number of nitrogens with zero attached hydrogens (tertiary/aromatic N) is 1. The molecule has 1 aliphatic rings. The van der Waals surface area contributed by atoms with E-state index in [2.05, 4.69) is 11.4 Å². The van der Waals surface area contributed by atoms with Gasteiger partial charge in [0, 0.05) is 5.92 Å². The van der Waals surface area contributed by atoms with Crippen LogP contribution in [-0.4, -0.2) is 11.4 Å². The quantitative estimate of drug-likeness (QED) is 0.829. The molecule has 1 N–H and O–H groups in total. The van der Waals surface area contributed by atoms with Gasteiger partial charge in [0.1, 0.15) is 5.54 Å². The number of nitriles is 1. The molecular weight excluding hydrogens is 224 g/mol. The van der Waals surface area contributed by atoms with Gasteiger partial charge in [-0.05, 0) is 25.7 Å². The lowest BCUT2D eigenvalue weighted by Crippen LogP contribution is -2.49. The lowest BCUT2D eigenvalue weighted by molar-refractivity contribution is -0.126. The van der Waals surface area contributed by atoms with Crippen molar-refractivity contribution in [2.24, 2.45) is 5.92 Å². The molecule has 1 rings (SSSR count). The standard InChI is InChI=1S/C15H26N2O/c1-3-13(4-2)14(18)17-15(12-16)10-8-6-5-7-9-11-15/h13H,3-11H2,1-2H3,(H,17,18). The largest absolute Gasteiger partial charge is 0.338 e. The van der Waals surface area contributed by atoms with E-state index in [0.717, 1.165) is 38.5 Å². The molecule has 0 saturated heterocycles. The molecule has 0 aromatic rings. The highest BCUT2D eigenvalue weighted by Gasteiger charge is 2.33. The maximum atomic E-state index is 12.2. The van der Waals surface area contributed by atoms with E-state index in [1.165, 1.54) is 19.3 Å². The molecule has 0 unspecified atom stereocenters. The van der Waals surface area contributed by atoms with Crippen LogP contribution < -0.4 is 5.32 Å². The topological polar surface area (TPSA) is 52.9 Å². The highest BCUT2D eigenvalue weighted by Crippen LogP contribution is 2.26. The van der Waals surface area contributed by atoms with E-state index in [1.54, 1.807) is 0 Å². The van der Waals surface area contributed by atoms with Crippen LogP contribution in [0.1, 0.15) is 71.6 Å². The summed E-state index contributed by atoms with van der Waals surface area (Å²) < 4.78 is 0. The smallest absolute Gasteiger partial charge is 0.224 e. The van der Waals surface area contributed by atoms with Crippen LogP contribution in [0.2, 0.25) is 0 Å². The van der Waals surface area contributed by atoms with Crippen LogP contribution in [0.5, 0.6) is 0 Å². The van der Waals surface area contributed by atoms with Crippen molar-refractivity contribution in [3.63, 3.8) is 0 Å². The van der Waals surface area contributed by atoms with E-state index in [4.69, 9.17) is 0 Å². The molecule has 0 bridgehead atoms. The molecule has 0 heterocycles. The van der Waals surface area contributed by atoms with Gasteiger partial charge in [0.25, 0.3) is 0 Å². The Kier molecular flexibility index (Phi) is 6.18. The van der Waals surface area contributed by atoms with E-state index in [-0.39, 0.29) is 11.8 Å². The zero-order valence-corrected chi connectivity index (χ0v) is 11.8. The van der Waals surface area contributed by atoms with Crippen LogP contribution >= 0.6 is 0 Å².